The number of carbonyl (C=O) groups is 2. The lowest BCUT2D eigenvalue weighted by Gasteiger charge is -2.21. The lowest BCUT2D eigenvalue weighted by atomic mass is 10.1. The number of carbonyl (C=O) groups excluding carboxylic acids is 1. The normalized spacial score (nSPS) is 15.9. The Balaban J connectivity index is 2.00. The van der Waals surface area contributed by atoms with Crippen LogP contribution in [0.2, 0.25) is 0 Å². The number of aliphatic carboxylic acids is 1. The molecule has 0 unspecified atom stereocenters. The molecule has 17 heavy (non-hydrogen) atoms. The zero-order chi connectivity index (χ0) is 12.3. The Morgan fingerprint density at radius 2 is 2.35 bits per heavy atom. The summed E-state index contributed by atoms with van der Waals surface area (Å²) >= 11 is 1.62. The number of rotatable bonds is 4. The van der Waals surface area contributed by atoms with Crippen molar-refractivity contribution >= 4 is 28.9 Å². The molecule has 0 radical (unpaired) electrons. The smallest absolute Gasteiger partial charge is 0.352 e. The molecule has 1 aromatic heterocycles. The molecule has 6 heteroatoms. The van der Waals surface area contributed by atoms with E-state index in [9.17, 15) is 9.59 Å². The molecular weight excluding hydrogens is 240 g/mol. The molecule has 0 aliphatic carbocycles. The topological polar surface area (TPSA) is 70.0 Å². The second kappa shape index (κ2) is 5.09. The monoisotopic (exact) mass is 252 g/mol. The van der Waals surface area contributed by atoms with Crippen LogP contribution in [0, 0.1) is 0 Å². The highest BCUT2D eigenvalue weighted by atomic mass is 32.1. The van der Waals surface area contributed by atoms with E-state index in [0.717, 1.165) is 4.88 Å². The van der Waals surface area contributed by atoms with Crippen molar-refractivity contribution in [2.45, 2.75) is 19.3 Å². The summed E-state index contributed by atoms with van der Waals surface area (Å²) in [4.78, 5) is 23.5. The first-order valence-electron chi connectivity index (χ1n) is 5.30. The summed E-state index contributed by atoms with van der Waals surface area (Å²) < 4.78 is 0. The molecule has 90 valence electrons. The van der Waals surface area contributed by atoms with E-state index in [0.29, 0.717) is 13.0 Å². The third kappa shape index (κ3) is 2.91. The predicted molar refractivity (Wildman–Crippen MR) is 64.0 cm³/mol. The van der Waals surface area contributed by atoms with Crippen molar-refractivity contribution in [2.24, 2.45) is 5.10 Å². The third-order valence-corrected chi connectivity index (χ3v) is 3.44. The van der Waals surface area contributed by atoms with Crippen LogP contribution in [0.25, 0.3) is 0 Å². The van der Waals surface area contributed by atoms with Crippen molar-refractivity contribution in [2.75, 3.05) is 6.54 Å². The first kappa shape index (κ1) is 11.8. The minimum absolute atomic E-state index is 0.0655. The van der Waals surface area contributed by atoms with Crippen molar-refractivity contribution in [1.82, 2.24) is 5.01 Å². The SMILES string of the molecule is O=C(O)C1=NN(CCc2cccs2)C(=O)CC1. The van der Waals surface area contributed by atoms with E-state index in [1.807, 2.05) is 17.5 Å². The minimum Gasteiger partial charge on any atom is -0.477 e. The molecule has 1 aliphatic heterocycles. The van der Waals surface area contributed by atoms with Crippen LogP contribution in [-0.2, 0) is 16.0 Å². The minimum atomic E-state index is -1.04. The van der Waals surface area contributed by atoms with Gasteiger partial charge >= 0.3 is 5.97 Å². The summed E-state index contributed by atoms with van der Waals surface area (Å²) in [7, 11) is 0. The Kier molecular flexibility index (Phi) is 3.53. The van der Waals surface area contributed by atoms with Crippen LogP contribution in [0.15, 0.2) is 22.6 Å². The average molecular weight is 252 g/mol. The fraction of sp³-hybridized carbons (Fsp3) is 0.364. The highest BCUT2D eigenvalue weighted by molar-refractivity contribution is 7.09. The molecule has 0 saturated carbocycles. The predicted octanol–water partition coefficient (Wildman–Crippen LogP) is 1.35. The molecule has 2 rings (SSSR count). The summed E-state index contributed by atoms with van der Waals surface area (Å²) in [5.41, 5.74) is 0.0655. The molecule has 0 spiro atoms. The van der Waals surface area contributed by atoms with Gasteiger partial charge in [-0.15, -0.1) is 11.3 Å². The van der Waals surface area contributed by atoms with E-state index >= 15 is 0 Å². The van der Waals surface area contributed by atoms with Gasteiger partial charge in [-0.3, -0.25) is 4.79 Å². The fourth-order valence-corrected chi connectivity index (χ4v) is 2.30. The molecular formula is C11H12N2O3S. The number of hydrogen-bond donors (Lipinski definition) is 1. The number of thiophene rings is 1. The Morgan fingerprint density at radius 1 is 1.53 bits per heavy atom. The molecule has 0 saturated heterocycles. The van der Waals surface area contributed by atoms with Crippen molar-refractivity contribution in [3.05, 3.63) is 22.4 Å². The van der Waals surface area contributed by atoms with Gasteiger partial charge in [0.05, 0.1) is 0 Å². The third-order valence-electron chi connectivity index (χ3n) is 2.50. The quantitative estimate of drug-likeness (QED) is 0.879. The van der Waals surface area contributed by atoms with Crippen molar-refractivity contribution in [3.63, 3.8) is 0 Å². The lowest BCUT2D eigenvalue weighted by Crippen LogP contribution is -2.35. The van der Waals surface area contributed by atoms with Gasteiger partial charge in [0.15, 0.2) is 0 Å². The van der Waals surface area contributed by atoms with Gasteiger partial charge in [-0.1, -0.05) is 6.07 Å². The van der Waals surface area contributed by atoms with Crippen LogP contribution in [0.1, 0.15) is 17.7 Å². The van der Waals surface area contributed by atoms with Crippen LogP contribution in [-0.4, -0.2) is 34.2 Å². The molecule has 5 nitrogen and oxygen atoms in total. The Bertz CT molecular complexity index is 453. The van der Waals surface area contributed by atoms with Crippen molar-refractivity contribution in [1.29, 1.82) is 0 Å². The maximum Gasteiger partial charge on any atom is 0.352 e. The van der Waals surface area contributed by atoms with Gasteiger partial charge in [0.25, 0.3) is 0 Å². The van der Waals surface area contributed by atoms with Crippen molar-refractivity contribution < 1.29 is 14.7 Å². The maximum atomic E-state index is 11.6. The molecule has 0 fully saturated rings. The van der Waals surface area contributed by atoms with Gasteiger partial charge < -0.3 is 5.11 Å². The Hall–Kier alpha value is -1.69. The van der Waals surface area contributed by atoms with Crippen LogP contribution in [0.3, 0.4) is 0 Å². The second-order valence-corrected chi connectivity index (χ2v) is 4.73. The van der Waals surface area contributed by atoms with Crippen molar-refractivity contribution in [3.8, 4) is 0 Å². The fourth-order valence-electron chi connectivity index (χ4n) is 1.60. The summed E-state index contributed by atoms with van der Waals surface area (Å²) in [5, 5.41) is 15.9. The first-order chi connectivity index (χ1) is 8.16. The molecule has 0 atom stereocenters. The molecule has 1 amide bonds. The number of amides is 1. The zero-order valence-electron chi connectivity index (χ0n) is 9.13. The van der Waals surface area contributed by atoms with Crippen LogP contribution >= 0.6 is 11.3 Å². The Morgan fingerprint density at radius 3 is 3.00 bits per heavy atom. The van der Waals surface area contributed by atoms with E-state index in [1.54, 1.807) is 11.3 Å². The largest absolute Gasteiger partial charge is 0.477 e. The highest BCUT2D eigenvalue weighted by Crippen LogP contribution is 2.13. The van der Waals surface area contributed by atoms with E-state index < -0.39 is 5.97 Å². The molecule has 0 aromatic carbocycles. The van der Waals surface area contributed by atoms with Gasteiger partial charge in [0.2, 0.25) is 5.91 Å². The summed E-state index contributed by atoms with van der Waals surface area (Å²) in [6.45, 7) is 0.441. The van der Waals surface area contributed by atoms with E-state index in [2.05, 4.69) is 5.10 Å². The number of carboxylic acid groups (broad SMARTS) is 1. The summed E-state index contributed by atoms with van der Waals surface area (Å²) in [5.74, 6) is -1.15. The first-order valence-corrected chi connectivity index (χ1v) is 6.18. The van der Waals surface area contributed by atoms with E-state index in [1.165, 1.54) is 5.01 Å². The molecule has 1 aliphatic rings. The van der Waals surface area contributed by atoms with Crippen LogP contribution in [0.5, 0.6) is 0 Å². The van der Waals surface area contributed by atoms with E-state index in [4.69, 9.17) is 5.11 Å². The van der Waals surface area contributed by atoms with Gasteiger partial charge in [-0.05, 0) is 11.4 Å². The van der Waals surface area contributed by atoms with Crippen LogP contribution in [0.4, 0.5) is 0 Å². The van der Waals surface area contributed by atoms with Gasteiger partial charge in [-0.25, -0.2) is 9.80 Å². The zero-order valence-corrected chi connectivity index (χ0v) is 9.94. The molecule has 1 aromatic rings. The number of hydrogen-bond acceptors (Lipinski definition) is 4. The lowest BCUT2D eigenvalue weighted by molar-refractivity contribution is -0.132. The standard InChI is InChI=1S/C11H12N2O3S/c14-10-4-3-9(11(15)16)12-13(10)6-5-8-2-1-7-17-8/h1-2,7H,3-6H2,(H,15,16). The maximum absolute atomic E-state index is 11.6. The summed E-state index contributed by atoms with van der Waals surface area (Å²) in [6, 6.07) is 3.94. The number of nitrogens with zero attached hydrogens (tertiary/aromatic N) is 2. The van der Waals surface area contributed by atoms with Gasteiger partial charge in [-0.2, -0.15) is 5.10 Å². The average Bonchev–Trinajstić information content (AvgIpc) is 2.80. The van der Waals surface area contributed by atoms with Gasteiger partial charge in [0, 0.05) is 30.7 Å². The molecule has 1 N–H and O–H groups in total. The Labute approximate surface area is 102 Å². The van der Waals surface area contributed by atoms with Crippen LogP contribution < -0.4 is 0 Å². The number of carboxylic acids is 1. The van der Waals surface area contributed by atoms with Gasteiger partial charge in [0.1, 0.15) is 5.71 Å². The highest BCUT2D eigenvalue weighted by Gasteiger charge is 2.23. The second-order valence-electron chi connectivity index (χ2n) is 3.70. The van der Waals surface area contributed by atoms with E-state index in [-0.39, 0.29) is 24.5 Å². The molecule has 0 bridgehead atoms. The summed E-state index contributed by atoms with van der Waals surface area (Å²) in [6.07, 6.45) is 1.17. The number of hydrazone groups is 1. The molecule has 2 heterocycles.